The van der Waals surface area contributed by atoms with Gasteiger partial charge in [0.2, 0.25) is 0 Å². The molecule has 0 aliphatic carbocycles. The van der Waals surface area contributed by atoms with E-state index in [1.54, 1.807) is 18.5 Å². The van der Waals surface area contributed by atoms with Crippen LogP contribution in [0.5, 0.6) is 11.5 Å². The van der Waals surface area contributed by atoms with Crippen LogP contribution in [0.2, 0.25) is 0 Å². The number of hydrogen-bond acceptors (Lipinski definition) is 4. The Morgan fingerprint density at radius 1 is 1.08 bits per heavy atom. The van der Waals surface area contributed by atoms with Crippen molar-refractivity contribution in [2.75, 3.05) is 19.7 Å². The van der Waals surface area contributed by atoms with Crippen LogP contribution in [0.25, 0.3) is 0 Å². The van der Waals surface area contributed by atoms with Crippen LogP contribution in [0.15, 0.2) is 42.7 Å². The van der Waals surface area contributed by atoms with Gasteiger partial charge in [-0.15, -0.1) is 0 Å². The van der Waals surface area contributed by atoms with Gasteiger partial charge >= 0.3 is 0 Å². The second-order valence-corrected chi connectivity index (χ2v) is 6.45. The molecule has 26 heavy (non-hydrogen) atoms. The molecule has 1 fully saturated rings. The van der Waals surface area contributed by atoms with Gasteiger partial charge in [0.15, 0.2) is 11.5 Å². The largest absolute Gasteiger partial charge is 0.490 e. The molecular weight excluding hydrogens is 328 g/mol. The minimum Gasteiger partial charge on any atom is -0.490 e. The lowest BCUT2D eigenvalue weighted by molar-refractivity contribution is 0.0761. The molecule has 138 valence electrons. The first kappa shape index (κ1) is 18.2. The Hall–Kier alpha value is -2.56. The van der Waals surface area contributed by atoms with Crippen LogP contribution in [0.3, 0.4) is 0 Å². The first-order valence-corrected chi connectivity index (χ1v) is 9.35. The van der Waals surface area contributed by atoms with Crippen LogP contribution in [0.1, 0.15) is 48.5 Å². The van der Waals surface area contributed by atoms with E-state index in [1.165, 1.54) is 12.8 Å². The number of aromatic nitrogens is 1. The molecule has 0 spiro atoms. The van der Waals surface area contributed by atoms with E-state index >= 15 is 0 Å². The van der Waals surface area contributed by atoms with Gasteiger partial charge in [0.1, 0.15) is 6.61 Å². The standard InChI is InChI=1S/C21H26N2O3/c1-2-25-20-14-18(21(24)23-12-5-3-4-6-13-23)9-10-19(20)26-16-17-8-7-11-22-15-17/h7-11,14-15H,2-6,12-13,16H2,1H3. The van der Waals surface area contributed by atoms with E-state index in [0.717, 1.165) is 31.5 Å². The van der Waals surface area contributed by atoms with E-state index in [1.807, 2.05) is 36.1 Å². The number of nitrogens with zero attached hydrogens (tertiary/aromatic N) is 2. The number of amides is 1. The first-order chi connectivity index (χ1) is 12.8. The molecule has 1 aromatic carbocycles. The van der Waals surface area contributed by atoms with Crippen molar-refractivity contribution in [1.29, 1.82) is 0 Å². The number of ether oxygens (including phenoxy) is 2. The smallest absolute Gasteiger partial charge is 0.253 e. The topological polar surface area (TPSA) is 51.7 Å². The fourth-order valence-electron chi connectivity index (χ4n) is 3.13. The molecule has 1 amide bonds. The molecule has 5 nitrogen and oxygen atoms in total. The number of pyridine rings is 1. The molecule has 3 rings (SSSR count). The van der Waals surface area contributed by atoms with E-state index in [-0.39, 0.29) is 5.91 Å². The highest BCUT2D eigenvalue weighted by Gasteiger charge is 2.19. The molecule has 1 aromatic heterocycles. The summed E-state index contributed by atoms with van der Waals surface area (Å²) in [6.07, 6.45) is 8.08. The Morgan fingerprint density at radius 3 is 2.58 bits per heavy atom. The summed E-state index contributed by atoms with van der Waals surface area (Å²) in [7, 11) is 0. The van der Waals surface area contributed by atoms with Crippen LogP contribution in [0, 0.1) is 0 Å². The Bertz CT molecular complexity index is 710. The Balaban J connectivity index is 1.74. The summed E-state index contributed by atoms with van der Waals surface area (Å²) >= 11 is 0. The number of rotatable bonds is 6. The third kappa shape index (κ3) is 4.75. The average Bonchev–Trinajstić information content (AvgIpc) is 2.97. The molecule has 2 aromatic rings. The molecule has 5 heteroatoms. The summed E-state index contributed by atoms with van der Waals surface area (Å²) in [5, 5.41) is 0. The fraction of sp³-hybridized carbons (Fsp3) is 0.429. The third-order valence-corrected chi connectivity index (χ3v) is 4.50. The van der Waals surface area contributed by atoms with Crippen molar-refractivity contribution >= 4 is 5.91 Å². The Morgan fingerprint density at radius 2 is 1.88 bits per heavy atom. The van der Waals surface area contributed by atoms with Crippen molar-refractivity contribution in [1.82, 2.24) is 9.88 Å². The van der Waals surface area contributed by atoms with Gasteiger partial charge in [-0.25, -0.2) is 0 Å². The summed E-state index contributed by atoms with van der Waals surface area (Å²) in [4.78, 5) is 18.9. The number of benzene rings is 1. The number of hydrogen-bond donors (Lipinski definition) is 0. The lowest BCUT2D eigenvalue weighted by Gasteiger charge is -2.21. The quantitative estimate of drug-likeness (QED) is 0.784. The lowest BCUT2D eigenvalue weighted by atomic mass is 10.1. The highest BCUT2D eigenvalue weighted by atomic mass is 16.5. The van der Waals surface area contributed by atoms with Crippen LogP contribution in [-0.2, 0) is 6.61 Å². The molecule has 0 N–H and O–H groups in total. The second kappa shape index (κ2) is 9.22. The van der Waals surface area contributed by atoms with Gasteiger partial charge in [-0.2, -0.15) is 0 Å². The van der Waals surface area contributed by atoms with Gasteiger partial charge in [-0.05, 0) is 44.0 Å². The van der Waals surface area contributed by atoms with Crippen LogP contribution >= 0.6 is 0 Å². The van der Waals surface area contributed by atoms with Crippen LogP contribution in [-0.4, -0.2) is 35.5 Å². The van der Waals surface area contributed by atoms with Gasteiger partial charge in [-0.3, -0.25) is 9.78 Å². The molecule has 0 saturated carbocycles. The van der Waals surface area contributed by atoms with Crippen molar-refractivity contribution in [2.24, 2.45) is 0 Å². The first-order valence-electron chi connectivity index (χ1n) is 9.35. The van der Waals surface area contributed by atoms with Crippen molar-refractivity contribution in [3.05, 3.63) is 53.9 Å². The Kier molecular flexibility index (Phi) is 6.47. The fourth-order valence-corrected chi connectivity index (χ4v) is 3.13. The van der Waals surface area contributed by atoms with Crippen LogP contribution in [0.4, 0.5) is 0 Å². The molecule has 0 atom stereocenters. The van der Waals surface area contributed by atoms with Crippen LogP contribution < -0.4 is 9.47 Å². The van der Waals surface area contributed by atoms with E-state index < -0.39 is 0 Å². The van der Waals surface area contributed by atoms with Gasteiger partial charge in [0.25, 0.3) is 5.91 Å². The SMILES string of the molecule is CCOc1cc(C(=O)N2CCCCCC2)ccc1OCc1cccnc1. The highest BCUT2D eigenvalue weighted by Crippen LogP contribution is 2.30. The third-order valence-electron chi connectivity index (χ3n) is 4.50. The maximum atomic E-state index is 12.8. The van der Waals surface area contributed by atoms with E-state index in [9.17, 15) is 4.79 Å². The van der Waals surface area contributed by atoms with Gasteiger partial charge in [0, 0.05) is 36.6 Å². The van der Waals surface area contributed by atoms with E-state index in [0.29, 0.717) is 30.3 Å². The van der Waals surface area contributed by atoms with E-state index in [2.05, 4.69) is 4.98 Å². The molecular formula is C21H26N2O3. The van der Waals surface area contributed by atoms with Crippen molar-refractivity contribution in [2.45, 2.75) is 39.2 Å². The van der Waals surface area contributed by atoms with Gasteiger partial charge in [-0.1, -0.05) is 18.9 Å². The normalized spacial score (nSPS) is 14.6. The molecule has 1 saturated heterocycles. The zero-order valence-electron chi connectivity index (χ0n) is 15.3. The predicted octanol–water partition coefficient (Wildman–Crippen LogP) is 4.08. The van der Waals surface area contributed by atoms with Gasteiger partial charge in [0.05, 0.1) is 6.61 Å². The summed E-state index contributed by atoms with van der Waals surface area (Å²) < 4.78 is 11.6. The zero-order chi connectivity index (χ0) is 18.2. The summed E-state index contributed by atoms with van der Waals surface area (Å²) in [5.41, 5.74) is 1.64. The minimum atomic E-state index is 0.0756. The summed E-state index contributed by atoms with van der Waals surface area (Å²) in [6.45, 7) is 4.52. The number of carbonyl (C=O) groups is 1. The molecule has 0 unspecified atom stereocenters. The highest BCUT2D eigenvalue weighted by molar-refractivity contribution is 5.95. The minimum absolute atomic E-state index is 0.0756. The molecule has 1 aliphatic rings. The predicted molar refractivity (Wildman–Crippen MR) is 101 cm³/mol. The average molecular weight is 354 g/mol. The summed E-state index contributed by atoms with van der Waals surface area (Å²) in [5.74, 6) is 1.33. The maximum Gasteiger partial charge on any atom is 0.253 e. The lowest BCUT2D eigenvalue weighted by Crippen LogP contribution is -2.31. The maximum absolute atomic E-state index is 12.8. The van der Waals surface area contributed by atoms with Crippen molar-refractivity contribution in [3.8, 4) is 11.5 Å². The molecule has 1 aliphatic heterocycles. The monoisotopic (exact) mass is 354 g/mol. The molecule has 0 radical (unpaired) electrons. The van der Waals surface area contributed by atoms with Crippen molar-refractivity contribution < 1.29 is 14.3 Å². The molecule has 0 bridgehead atoms. The Labute approximate surface area is 155 Å². The van der Waals surface area contributed by atoms with Crippen molar-refractivity contribution in [3.63, 3.8) is 0 Å². The van der Waals surface area contributed by atoms with Gasteiger partial charge < -0.3 is 14.4 Å². The number of carbonyl (C=O) groups excluding carboxylic acids is 1. The second-order valence-electron chi connectivity index (χ2n) is 6.45. The number of likely N-dealkylation sites (tertiary alicyclic amines) is 1. The zero-order valence-corrected chi connectivity index (χ0v) is 15.3. The summed E-state index contributed by atoms with van der Waals surface area (Å²) in [6, 6.07) is 9.30. The van der Waals surface area contributed by atoms with E-state index in [4.69, 9.17) is 9.47 Å². The molecule has 2 heterocycles.